The Bertz CT molecular complexity index is 2060. The number of fused-ring (bicyclic) bond motifs is 1. The lowest BCUT2D eigenvalue weighted by atomic mass is 9.93. The van der Waals surface area contributed by atoms with Crippen LogP contribution in [0, 0.1) is 0 Å². The molecule has 0 N–H and O–H groups in total. The van der Waals surface area contributed by atoms with Crippen molar-refractivity contribution in [2.45, 2.75) is 32.9 Å². The van der Waals surface area contributed by atoms with Crippen LogP contribution in [-0.4, -0.2) is 74.1 Å². The minimum Gasteiger partial charge on any atom is -0.493 e. The average molecular weight is 698 g/mol. The van der Waals surface area contributed by atoms with Gasteiger partial charge in [0.25, 0.3) is 11.5 Å². The number of carbonyl (C=O) groups excluding carboxylic acids is 2. The van der Waals surface area contributed by atoms with Gasteiger partial charge in [0.2, 0.25) is 0 Å². The first-order chi connectivity index (χ1) is 24.3. The molecule has 1 fully saturated rings. The molecule has 3 heterocycles. The Balaban J connectivity index is 1.42. The highest BCUT2D eigenvalue weighted by atomic mass is 32.1. The molecule has 260 valence electrons. The van der Waals surface area contributed by atoms with Crippen LogP contribution in [-0.2, 0) is 19.1 Å². The number of rotatable bonds is 11. The van der Waals surface area contributed by atoms with Gasteiger partial charge in [-0.25, -0.2) is 9.79 Å². The van der Waals surface area contributed by atoms with E-state index in [1.807, 2.05) is 68.4 Å². The van der Waals surface area contributed by atoms with Crippen molar-refractivity contribution in [3.63, 3.8) is 0 Å². The molecule has 4 aromatic rings. The van der Waals surface area contributed by atoms with Gasteiger partial charge in [0.1, 0.15) is 5.75 Å². The summed E-state index contributed by atoms with van der Waals surface area (Å²) in [7, 11) is 1.52. The number of thiazole rings is 1. The van der Waals surface area contributed by atoms with Crippen LogP contribution in [0.5, 0.6) is 17.2 Å². The summed E-state index contributed by atoms with van der Waals surface area (Å²) in [6, 6.07) is 21.2. The molecule has 0 unspecified atom stereocenters. The zero-order valence-electron chi connectivity index (χ0n) is 28.4. The smallest absolute Gasteiger partial charge is 0.338 e. The lowest BCUT2D eigenvalue weighted by Gasteiger charge is -2.26. The maximum absolute atomic E-state index is 14.3. The van der Waals surface area contributed by atoms with Crippen molar-refractivity contribution in [1.82, 2.24) is 9.47 Å². The molecule has 0 saturated carbocycles. The third kappa shape index (κ3) is 7.51. The lowest BCUT2D eigenvalue weighted by Crippen LogP contribution is -2.43. The van der Waals surface area contributed by atoms with Gasteiger partial charge in [0.05, 0.1) is 54.9 Å². The summed E-state index contributed by atoms with van der Waals surface area (Å²) in [6.07, 6.45) is 1.73. The van der Waals surface area contributed by atoms with E-state index in [0.717, 1.165) is 5.56 Å². The second-order valence-electron chi connectivity index (χ2n) is 11.9. The van der Waals surface area contributed by atoms with Gasteiger partial charge in [-0.15, -0.1) is 0 Å². The predicted octanol–water partition coefficient (Wildman–Crippen LogP) is 3.97. The van der Waals surface area contributed by atoms with E-state index in [2.05, 4.69) is 0 Å². The van der Waals surface area contributed by atoms with Gasteiger partial charge in [-0.05, 0) is 62.2 Å². The van der Waals surface area contributed by atoms with E-state index in [0.29, 0.717) is 69.7 Å². The zero-order valence-corrected chi connectivity index (χ0v) is 29.2. The summed E-state index contributed by atoms with van der Waals surface area (Å²) in [4.78, 5) is 47.7. The van der Waals surface area contributed by atoms with Crippen LogP contribution < -0.4 is 29.1 Å². The quantitative estimate of drug-likeness (QED) is 0.216. The zero-order chi connectivity index (χ0) is 35.2. The molecule has 1 aromatic heterocycles. The average Bonchev–Trinajstić information content (AvgIpc) is 3.44. The van der Waals surface area contributed by atoms with Crippen molar-refractivity contribution in [3.8, 4) is 17.2 Å². The number of benzene rings is 3. The molecule has 12 heteroatoms. The monoisotopic (exact) mass is 697 g/mol. The van der Waals surface area contributed by atoms with Crippen molar-refractivity contribution in [2.75, 3.05) is 46.6 Å². The molecule has 6 rings (SSSR count). The predicted molar refractivity (Wildman–Crippen MR) is 189 cm³/mol. The first-order valence-corrected chi connectivity index (χ1v) is 17.3. The molecule has 3 aromatic carbocycles. The molecule has 2 aliphatic rings. The Morgan fingerprint density at radius 1 is 1.02 bits per heavy atom. The number of amides is 1. The van der Waals surface area contributed by atoms with Gasteiger partial charge >= 0.3 is 5.97 Å². The van der Waals surface area contributed by atoms with Crippen LogP contribution in [0.4, 0.5) is 0 Å². The van der Waals surface area contributed by atoms with E-state index >= 15 is 0 Å². The molecule has 0 bridgehead atoms. The largest absolute Gasteiger partial charge is 0.493 e. The fourth-order valence-electron chi connectivity index (χ4n) is 5.84. The molecule has 0 radical (unpaired) electrons. The summed E-state index contributed by atoms with van der Waals surface area (Å²) < 4.78 is 30.1. The van der Waals surface area contributed by atoms with E-state index in [1.165, 1.54) is 18.4 Å². The molecular weight excluding hydrogens is 658 g/mol. The fraction of sp³-hybridized carbons (Fsp3) is 0.316. The third-order valence-corrected chi connectivity index (χ3v) is 9.12. The number of hydrogen-bond donors (Lipinski definition) is 0. The summed E-state index contributed by atoms with van der Waals surface area (Å²) >= 11 is 1.22. The van der Waals surface area contributed by atoms with E-state index in [1.54, 1.807) is 40.7 Å². The number of methoxy groups -OCH3 is 1. The highest BCUT2D eigenvalue weighted by Crippen LogP contribution is 2.36. The van der Waals surface area contributed by atoms with Gasteiger partial charge in [-0.1, -0.05) is 59.9 Å². The number of morpholine rings is 1. The lowest BCUT2D eigenvalue weighted by molar-refractivity contribution is -0.139. The van der Waals surface area contributed by atoms with Gasteiger partial charge in [-0.3, -0.25) is 14.2 Å². The van der Waals surface area contributed by atoms with Crippen LogP contribution in [0.1, 0.15) is 43.5 Å². The summed E-state index contributed by atoms with van der Waals surface area (Å²) in [5.41, 5.74) is 2.51. The molecule has 2 aliphatic heterocycles. The topological polar surface area (TPSA) is 118 Å². The van der Waals surface area contributed by atoms with Crippen LogP contribution >= 0.6 is 11.3 Å². The summed E-state index contributed by atoms with van der Waals surface area (Å²) in [5, 5.41) is 0. The van der Waals surface area contributed by atoms with Crippen molar-refractivity contribution in [3.05, 3.63) is 115 Å². The Morgan fingerprint density at radius 3 is 2.44 bits per heavy atom. The van der Waals surface area contributed by atoms with Crippen molar-refractivity contribution < 1.29 is 33.3 Å². The van der Waals surface area contributed by atoms with Crippen molar-refractivity contribution in [2.24, 2.45) is 4.99 Å². The van der Waals surface area contributed by atoms with Crippen LogP contribution in [0.3, 0.4) is 0 Å². The number of hydrogen-bond acceptors (Lipinski definition) is 10. The maximum Gasteiger partial charge on any atom is 0.338 e. The Morgan fingerprint density at radius 2 is 1.76 bits per heavy atom. The molecule has 0 spiro atoms. The molecule has 11 nitrogen and oxygen atoms in total. The Kier molecular flexibility index (Phi) is 10.8. The van der Waals surface area contributed by atoms with E-state index in [4.69, 9.17) is 28.7 Å². The number of nitrogens with zero attached hydrogens (tertiary/aromatic N) is 3. The number of carbonyl (C=O) groups is 2. The highest BCUT2D eigenvalue weighted by Gasteiger charge is 2.35. The minimum atomic E-state index is -0.815. The molecular formula is C38H39N3O8S. The second-order valence-corrected chi connectivity index (χ2v) is 12.9. The van der Waals surface area contributed by atoms with Crippen molar-refractivity contribution >= 4 is 35.0 Å². The SMILES string of the molecule is CCOC(=O)C1=C(c2ccccc2)N=c2s/c(=C\c3ccc(OCC(=O)N4CCOCC4)c(OC)c3)c(=O)n2[C@@H]1c1ccc(OC(C)C)cc1. The summed E-state index contributed by atoms with van der Waals surface area (Å²) in [6.45, 7) is 7.74. The van der Waals surface area contributed by atoms with E-state index in [-0.39, 0.29) is 36.4 Å². The second kappa shape index (κ2) is 15.6. The number of esters is 1. The third-order valence-electron chi connectivity index (χ3n) is 8.14. The highest BCUT2D eigenvalue weighted by molar-refractivity contribution is 7.07. The fourth-order valence-corrected chi connectivity index (χ4v) is 6.85. The standard InChI is InChI=1S/C38H39N3O8S/c1-5-47-37(44)33-34(26-9-7-6-8-10-26)39-38-41(35(33)27-12-14-28(15-13-27)49-24(2)3)36(43)31(50-38)22-25-11-16-29(30(21-25)45-4)48-23-32(42)40-17-19-46-20-18-40/h6-16,21-22,24,35H,5,17-20,23H2,1-4H3/b31-22-/t35-/m1/s1. The van der Waals surface area contributed by atoms with Gasteiger partial charge in [-0.2, -0.15) is 0 Å². The first-order valence-electron chi connectivity index (χ1n) is 16.5. The van der Waals surface area contributed by atoms with Crippen LogP contribution in [0.25, 0.3) is 11.8 Å². The number of aromatic nitrogens is 1. The molecule has 1 amide bonds. The Hall–Kier alpha value is -5.20. The molecule has 0 aliphatic carbocycles. The van der Waals surface area contributed by atoms with Crippen LogP contribution in [0.2, 0.25) is 0 Å². The molecule has 50 heavy (non-hydrogen) atoms. The van der Waals surface area contributed by atoms with Gasteiger partial charge in [0.15, 0.2) is 22.9 Å². The van der Waals surface area contributed by atoms with Crippen LogP contribution in [0.15, 0.2) is 88.2 Å². The van der Waals surface area contributed by atoms with Crippen molar-refractivity contribution in [1.29, 1.82) is 0 Å². The summed E-state index contributed by atoms with van der Waals surface area (Å²) in [5.74, 6) is 0.814. The minimum absolute atomic E-state index is 0.0185. The number of ether oxygens (including phenoxy) is 5. The molecule has 1 saturated heterocycles. The Labute approximate surface area is 293 Å². The van der Waals surface area contributed by atoms with Gasteiger partial charge in [0, 0.05) is 18.7 Å². The first kappa shape index (κ1) is 34.7. The van der Waals surface area contributed by atoms with Gasteiger partial charge < -0.3 is 28.6 Å². The maximum atomic E-state index is 14.3. The van der Waals surface area contributed by atoms with E-state index in [9.17, 15) is 14.4 Å². The molecule has 1 atom stereocenters. The van der Waals surface area contributed by atoms with E-state index < -0.39 is 12.0 Å². The normalized spacial score (nSPS) is 16.1.